The van der Waals surface area contributed by atoms with Gasteiger partial charge in [0.15, 0.2) is 0 Å². The molecule has 0 amide bonds. The van der Waals surface area contributed by atoms with Crippen LogP contribution < -0.4 is 5.73 Å². The minimum atomic E-state index is -1.11. The summed E-state index contributed by atoms with van der Waals surface area (Å²) in [6.07, 6.45) is 5.38. The molecule has 3 N–H and O–H groups in total. The number of nitrogens with two attached hydrogens (primary N) is 1. The van der Waals surface area contributed by atoms with Gasteiger partial charge >= 0.3 is 0 Å². The van der Waals surface area contributed by atoms with Crippen LogP contribution in [0.15, 0.2) is 30.5 Å². The predicted molar refractivity (Wildman–Crippen MR) is 112 cm³/mol. The van der Waals surface area contributed by atoms with Crippen LogP contribution in [0, 0.1) is 11.3 Å². The van der Waals surface area contributed by atoms with E-state index in [4.69, 9.17) is 16.1 Å². The molecule has 1 aliphatic heterocycles. The number of benzene rings is 1. The standard InChI is InChI=1S/C21H31N3S/c1-14(2)10-15(3)18-17-9-7-6-8-16(17)11-24-19(18)21(4)12-25(5,13-21)20(22)23/h6-9,11,14-15H,10,12-13H2,1-5H3,(H3,22,23). The molecular formula is C21H31N3S. The number of pyridine rings is 1. The molecule has 1 atom stereocenters. The Morgan fingerprint density at radius 3 is 2.52 bits per heavy atom. The molecule has 2 heterocycles. The summed E-state index contributed by atoms with van der Waals surface area (Å²) >= 11 is 0. The highest BCUT2D eigenvalue weighted by Gasteiger charge is 2.50. The van der Waals surface area contributed by atoms with E-state index in [-0.39, 0.29) is 5.41 Å². The van der Waals surface area contributed by atoms with Crippen molar-refractivity contribution in [3.63, 3.8) is 0 Å². The number of fused-ring (bicyclic) bond motifs is 1. The number of rotatable bonds is 4. The molecule has 0 radical (unpaired) electrons. The minimum absolute atomic E-state index is 0.0420. The molecular weight excluding hydrogens is 326 g/mol. The maximum absolute atomic E-state index is 7.94. The Kier molecular flexibility index (Phi) is 4.61. The largest absolute Gasteiger partial charge is 0.380 e. The number of nitrogens with one attached hydrogen (secondary N) is 1. The van der Waals surface area contributed by atoms with Crippen LogP contribution in [-0.4, -0.2) is 27.9 Å². The maximum Gasteiger partial charge on any atom is 0.133 e. The zero-order valence-corrected chi connectivity index (χ0v) is 16.9. The van der Waals surface area contributed by atoms with Crippen molar-refractivity contribution in [1.82, 2.24) is 4.98 Å². The third-order valence-electron chi connectivity index (χ3n) is 5.53. The number of amidine groups is 1. The zero-order chi connectivity index (χ0) is 18.4. The third-order valence-corrected chi connectivity index (χ3v) is 9.14. The van der Waals surface area contributed by atoms with Gasteiger partial charge in [0.2, 0.25) is 0 Å². The lowest BCUT2D eigenvalue weighted by Gasteiger charge is -2.56. The van der Waals surface area contributed by atoms with Crippen molar-refractivity contribution in [2.24, 2.45) is 11.7 Å². The Morgan fingerprint density at radius 2 is 1.92 bits per heavy atom. The topological polar surface area (TPSA) is 62.8 Å². The average Bonchev–Trinajstić information content (AvgIpc) is 2.51. The fourth-order valence-corrected chi connectivity index (χ4v) is 7.96. The van der Waals surface area contributed by atoms with Crippen LogP contribution in [0.3, 0.4) is 0 Å². The van der Waals surface area contributed by atoms with Crippen molar-refractivity contribution in [1.29, 1.82) is 5.41 Å². The number of nitrogens with zero attached hydrogens (tertiary/aromatic N) is 1. The van der Waals surface area contributed by atoms with E-state index < -0.39 is 10.0 Å². The molecule has 136 valence electrons. The van der Waals surface area contributed by atoms with E-state index in [1.54, 1.807) is 0 Å². The van der Waals surface area contributed by atoms with E-state index in [9.17, 15) is 0 Å². The second-order valence-corrected chi connectivity index (χ2v) is 12.2. The summed E-state index contributed by atoms with van der Waals surface area (Å²) < 4.78 is 0. The summed E-state index contributed by atoms with van der Waals surface area (Å²) in [6.45, 7) is 9.23. The van der Waals surface area contributed by atoms with E-state index >= 15 is 0 Å². The van der Waals surface area contributed by atoms with Gasteiger partial charge in [0, 0.05) is 17.0 Å². The first kappa shape index (κ1) is 18.2. The molecule has 1 aliphatic rings. The molecule has 1 saturated heterocycles. The minimum Gasteiger partial charge on any atom is -0.380 e. The number of hydrogen-bond acceptors (Lipinski definition) is 2. The van der Waals surface area contributed by atoms with Gasteiger partial charge < -0.3 is 5.73 Å². The van der Waals surface area contributed by atoms with Gasteiger partial charge in [-0.3, -0.25) is 10.4 Å². The van der Waals surface area contributed by atoms with Crippen LogP contribution in [0.2, 0.25) is 0 Å². The lowest BCUT2D eigenvalue weighted by Crippen LogP contribution is -2.51. The lowest BCUT2D eigenvalue weighted by atomic mass is 9.79. The van der Waals surface area contributed by atoms with Crippen LogP contribution in [-0.2, 0) is 5.41 Å². The van der Waals surface area contributed by atoms with Crippen LogP contribution in [0.1, 0.15) is 51.3 Å². The van der Waals surface area contributed by atoms with Gasteiger partial charge in [-0.2, -0.15) is 10.0 Å². The van der Waals surface area contributed by atoms with Gasteiger partial charge in [-0.25, -0.2) is 0 Å². The molecule has 25 heavy (non-hydrogen) atoms. The fourth-order valence-electron chi connectivity index (χ4n) is 4.65. The highest BCUT2D eigenvalue weighted by molar-refractivity contribution is 8.45. The summed E-state index contributed by atoms with van der Waals surface area (Å²) in [7, 11) is -1.11. The third kappa shape index (κ3) is 3.17. The molecule has 1 aromatic carbocycles. The molecule has 3 nitrogen and oxygen atoms in total. The molecule has 0 saturated carbocycles. The van der Waals surface area contributed by atoms with Gasteiger partial charge in [0.05, 0.1) is 5.69 Å². The number of aromatic nitrogens is 1. The molecule has 0 aliphatic carbocycles. The number of hydrogen-bond donors (Lipinski definition) is 2. The summed E-state index contributed by atoms with van der Waals surface area (Å²) in [6, 6.07) is 8.62. The summed E-state index contributed by atoms with van der Waals surface area (Å²) in [5, 5.41) is 10.9. The SMILES string of the molecule is CC(C)CC(C)c1c(C2(C)CS(C)(C(=N)N)C2)ncc2ccccc12. The molecule has 3 rings (SSSR count). The van der Waals surface area contributed by atoms with E-state index in [2.05, 4.69) is 58.2 Å². The Hall–Kier alpha value is -1.55. The van der Waals surface area contributed by atoms with Crippen molar-refractivity contribution in [2.75, 3.05) is 17.8 Å². The van der Waals surface area contributed by atoms with Crippen LogP contribution >= 0.6 is 10.0 Å². The normalized spacial score (nSPS) is 29.8. The maximum atomic E-state index is 7.94. The molecule has 0 bridgehead atoms. The Labute approximate surface area is 153 Å². The van der Waals surface area contributed by atoms with Gasteiger partial charge in [0.1, 0.15) is 5.17 Å². The molecule has 4 heteroatoms. The van der Waals surface area contributed by atoms with Gasteiger partial charge in [-0.15, -0.1) is 0 Å². The zero-order valence-electron chi connectivity index (χ0n) is 16.1. The van der Waals surface area contributed by atoms with Gasteiger partial charge in [-0.1, -0.05) is 52.0 Å². The molecule has 1 fully saturated rings. The van der Waals surface area contributed by atoms with E-state index in [0.717, 1.165) is 17.9 Å². The van der Waals surface area contributed by atoms with Crippen molar-refractivity contribution in [2.45, 2.75) is 45.4 Å². The van der Waals surface area contributed by atoms with Crippen LogP contribution in [0.4, 0.5) is 0 Å². The first-order chi connectivity index (χ1) is 11.7. The van der Waals surface area contributed by atoms with E-state index in [0.29, 0.717) is 17.0 Å². The lowest BCUT2D eigenvalue weighted by molar-refractivity contribution is 0.498. The average molecular weight is 358 g/mol. The van der Waals surface area contributed by atoms with Crippen LogP contribution in [0.25, 0.3) is 10.8 Å². The van der Waals surface area contributed by atoms with Crippen molar-refractivity contribution in [3.05, 3.63) is 41.7 Å². The van der Waals surface area contributed by atoms with Crippen LogP contribution in [0.5, 0.6) is 0 Å². The monoisotopic (exact) mass is 357 g/mol. The molecule has 1 unspecified atom stereocenters. The Bertz CT molecular complexity index is 806. The summed E-state index contributed by atoms with van der Waals surface area (Å²) in [4.78, 5) is 4.96. The van der Waals surface area contributed by atoms with Gasteiger partial charge in [0.25, 0.3) is 0 Å². The van der Waals surface area contributed by atoms with E-state index in [1.165, 1.54) is 22.0 Å². The highest BCUT2D eigenvalue weighted by Crippen LogP contribution is 2.62. The predicted octanol–water partition coefficient (Wildman–Crippen LogP) is 4.98. The van der Waals surface area contributed by atoms with Gasteiger partial charge in [-0.05, 0) is 47.0 Å². The fraction of sp³-hybridized carbons (Fsp3) is 0.524. The first-order valence-electron chi connectivity index (χ1n) is 9.12. The first-order valence-corrected chi connectivity index (χ1v) is 11.5. The smallest absolute Gasteiger partial charge is 0.133 e. The Balaban J connectivity index is 2.11. The Morgan fingerprint density at radius 1 is 1.28 bits per heavy atom. The second-order valence-electron chi connectivity index (χ2n) is 8.63. The van der Waals surface area contributed by atoms with E-state index in [1.807, 2.05) is 6.20 Å². The highest BCUT2D eigenvalue weighted by atomic mass is 32.3. The van der Waals surface area contributed by atoms with Crippen molar-refractivity contribution in [3.8, 4) is 0 Å². The quantitative estimate of drug-likeness (QED) is 0.598. The molecule has 2 aromatic rings. The second kappa shape index (κ2) is 6.31. The summed E-state index contributed by atoms with van der Waals surface area (Å²) in [5.41, 5.74) is 8.58. The molecule has 1 aromatic heterocycles. The van der Waals surface area contributed by atoms with Crippen molar-refractivity contribution < 1.29 is 0 Å². The molecule has 0 spiro atoms. The summed E-state index contributed by atoms with van der Waals surface area (Å²) in [5.74, 6) is 3.11. The van der Waals surface area contributed by atoms with Crippen molar-refractivity contribution >= 4 is 26.0 Å².